The van der Waals surface area contributed by atoms with E-state index in [1.807, 2.05) is 0 Å². The number of nitrogens with zero attached hydrogens (tertiary/aromatic N) is 1. The normalized spacial score (nSPS) is 15.2. The van der Waals surface area contributed by atoms with Crippen LogP contribution in [0.25, 0.3) is 5.69 Å². The number of phenolic OH excluding ortho intramolecular Hbond substituents is 1. The molecule has 160 valence electrons. The van der Waals surface area contributed by atoms with Crippen molar-refractivity contribution in [1.29, 1.82) is 0 Å². The number of fused-ring (bicyclic) bond motifs is 1. The van der Waals surface area contributed by atoms with E-state index in [-0.39, 0.29) is 40.8 Å². The van der Waals surface area contributed by atoms with Gasteiger partial charge in [-0.25, -0.2) is 4.79 Å². The molecule has 1 atom stereocenters. The molecule has 0 fully saturated rings. The maximum absolute atomic E-state index is 12.5. The van der Waals surface area contributed by atoms with Gasteiger partial charge in [0.05, 0.1) is 25.6 Å². The number of carbonyl (C=O) groups excluding carboxylic acids is 1. The third-order valence-corrected chi connectivity index (χ3v) is 5.48. The fraction of sp³-hybridized carbons (Fsp3) is 0.182. The number of carboxylic acid groups (broad SMARTS) is 1. The van der Waals surface area contributed by atoms with E-state index in [1.165, 1.54) is 20.4 Å². The molecule has 1 aliphatic heterocycles. The van der Waals surface area contributed by atoms with Crippen LogP contribution in [-0.2, 0) is 4.79 Å². The largest absolute Gasteiger partial charge is 0.502 e. The third kappa shape index (κ3) is 3.55. The van der Waals surface area contributed by atoms with Gasteiger partial charge in [-0.05, 0) is 35.9 Å². The smallest absolute Gasteiger partial charge is 0.339 e. The van der Waals surface area contributed by atoms with Crippen molar-refractivity contribution in [3.05, 3.63) is 64.4 Å². The predicted molar refractivity (Wildman–Crippen MR) is 114 cm³/mol. The number of hydrogen-bond donors (Lipinski definition) is 3. The number of carboxylic acids is 1. The molecule has 4 rings (SSSR count). The molecule has 0 saturated carbocycles. The zero-order valence-electron chi connectivity index (χ0n) is 16.7. The number of halogens is 1. The molecule has 9 heteroatoms. The molecule has 0 unspecified atom stereocenters. The standard InChI is InChI=1S/C22H19ClN2O6/c1-30-16-6-11(7-17(31-2)21(16)27)14-9-18(26)24-19-15(22(28)29)10-25(20(14)19)13-5-3-4-12(23)8-13/h3-8,10,14,27H,9H2,1-2H3,(H,24,26)(H,28,29)/t14-/m0/s1. The minimum absolute atomic E-state index is 0.0364. The van der Waals surface area contributed by atoms with E-state index in [4.69, 9.17) is 21.1 Å². The number of rotatable bonds is 5. The molecule has 3 aromatic rings. The Morgan fingerprint density at radius 2 is 1.87 bits per heavy atom. The van der Waals surface area contributed by atoms with Gasteiger partial charge in [0, 0.05) is 29.2 Å². The quantitative estimate of drug-likeness (QED) is 0.550. The molecule has 0 aliphatic carbocycles. The summed E-state index contributed by atoms with van der Waals surface area (Å²) in [5.74, 6) is -1.82. The van der Waals surface area contributed by atoms with Crippen LogP contribution >= 0.6 is 11.6 Å². The lowest BCUT2D eigenvalue weighted by atomic mass is 9.87. The number of amides is 1. The van der Waals surface area contributed by atoms with Gasteiger partial charge in [-0.3, -0.25) is 4.79 Å². The van der Waals surface area contributed by atoms with E-state index in [2.05, 4.69) is 5.32 Å². The van der Waals surface area contributed by atoms with Crippen LogP contribution < -0.4 is 14.8 Å². The minimum atomic E-state index is -1.17. The van der Waals surface area contributed by atoms with Gasteiger partial charge in [0.1, 0.15) is 5.56 Å². The van der Waals surface area contributed by atoms with E-state index < -0.39 is 11.9 Å². The molecule has 0 bridgehead atoms. The van der Waals surface area contributed by atoms with E-state index in [0.29, 0.717) is 22.0 Å². The summed E-state index contributed by atoms with van der Waals surface area (Å²) >= 11 is 6.16. The lowest BCUT2D eigenvalue weighted by Crippen LogP contribution is -2.25. The van der Waals surface area contributed by atoms with Crippen LogP contribution in [0.1, 0.15) is 34.0 Å². The number of hydrogen-bond acceptors (Lipinski definition) is 5. The summed E-state index contributed by atoms with van der Waals surface area (Å²) in [5, 5.41) is 23.2. The highest BCUT2D eigenvalue weighted by molar-refractivity contribution is 6.30. The second-order valence-corrected chi connectivity index (χ2v) is 7.47. The zero-order valence-corrected chi connectivity index (χ0v) is 17.4. The molecular formula is C22H19ClN2O6. The van der Waals surface area contributed by atoms with Crippen LogP contribution in [0.2, 0.25) is 5.02 Å². The molecule has 0 radical (unpaired) electrons. The molecule has 0 spiro atoms. The first-order valence-electron chi connectivity index (χ1n) is 9.33. The summed E-state index contributed by atoms with van der Waals surface area (Å²) in [6.45, 7) is 0. The van der Waals surface area contributed by atoms with Crippen LogP contribution in [0.4, 0.5) is 5.69 Å². The lowest BCUT2D eigenvalue weighted by Gasteiger charge is -2.27. The first-order chi connectivity index (χ1) is 14.8. The summed E-state index contributed by atoms with van der Waals surface area (Å²) in [7, 11) is 2.82. The highest BCUT2D eigenvalue weighted by Gasteiger charge is 2.35. The zero-order chi connectivity index (χ0) is 22.3. The van der Waals surface area contributed by atoms with E-state index in [0.717, 1.165) is 0 Å². The topological polar surface area (TPSA) is 110 Å². The van der Waals surface area contributed by atoms with Gasteiger partial charge in [-0.15, -0.1) is 0 Å². The van der Waals surface area contributed by atoms with Crippen molar-refractivity contribution in [2.24, 2.45) is 0 Å². The summed E-state index contributed by atoms with van der Waals surface area (Å²) in [5.41, 5.74) is 2.04. The Bertz CT molecular complexity index is 1180. The molecule has 0 saturated heterocycles. The van der Waals surface area contributed by atoms with Crippen molar-refractivity contribution >= 4 is 29.2 Å². The van der Waals surface area contributed by atoms with E-state index in [1.54, 1.807) is 41.0 Å². The maximum Gasteiger partial charge on any atom is 0.339 e. The fourth-order valence-electron chi connectivity index (χ4n) is 3.86. The second kappa shape index (κ2) is 7.88. The number of ether oxygens (including phenoxy) is 2. The van der Waals surface area contributed by atoms with Crippen molar-refractivity contribution in [2.45, 2.75) is 12.3 Å². The highest BCUT2D eigenvalue weighted by Crippen LogP contribution is 2.46. The number of benzene rings is 2. The van der Waals surface area contributed by atoms with Crippen molar-refractivity contribution in [2.75, 3.05) is 19.5 Å². The van der Waals surface area contributed by atoms with E-state index >= 15 is 0 Å². The van der Waals surface area contributed by atoms with Crippen molar-refractivity contribution < 1.29 is 29.3 Å². The number of carbonyl (C=O) groups is 2. The summed E-state index contributed by atoms with van der Waals surface area (Å²) < 4.78 is 12.2. The van der Waals surface area contributed by atoms with Gasteiger partial charge in [0.15, 0.2) is 11.5 Å². The van der Waals surface area contributed by atoms with Crippen LogP contribution in [0.3, 0.4) is 0 Å². The molecule has 1 amide bonds. The van der Waals surface area contributed by atoms with Gasteiger partial charge in [-0.2, -0.15) is 0 Å². The Morgan fingerprint density at radius 3 is 2.45 bits per heavy atom. The molecule has 8 nitrogen and oxygen atoms in total. The van der Waals surface area contributed by atoms with Gasteiger partial charge in [0.25, 0.3) is 0 Å². The lowest BCUT2D eigenvalue weighted by molar-refractivity contribution is -0.116. The van der Waals surface area contributed by atoms with Crippen LogP contribution in [0.15, 0.2) is 42.6 Å². The summed E-state index contributed by atoms with van der Waals surface area (Å²) in [4.78, 5) is 24.4. The summed E-state index contributed by atoms with van der Waals surface area (Å²) in [6.07, 6.45) is 1.53. The Hall–Kier alpha value is -3.65. The number of methoxy groups -OCH3 is 2. The van der Waals surface area contributed by atoms with Crippen LogP contribution in [0.5, 0.6) is 17.2 Å². The van der Waals surface area contributed by atoms with Crippen molar-refractivity contribution in [3.63, 3.8) is 0 Å². The van der Waals surface area contributed by atoms with E-state index in [9.17, 15) is 19.8 Å². The Labute approximate surface area is 182 Å². The molecule has 3 N–H and O–H groups in total. The van der Waals surface area contributed by atoms with Gasteiger partial charge < -0.3 is 29.6 Å². The van der Waals surface area contributed by atoms with Crippen molar-refractivity contribution in [1.82, 2.24) is 4.57 Å². The minimum Gasteiger partial charge on any atom is -0.502 e. The molecular weight excluding hydrogens is 424 g/mol. The van der Waals surface area contributed by atoms with Gasteiger partial charge >= 0.3 is 5.97 Å². The number of aromatic hydroxyl groups is 1. The monoisotopic (exact) mass is 442 g/mol. The number of phenols is 1. The highest BCUT2D eigenvalue weighted by atomic mass is 35.5. The molecule has 2 aromatic carbocycles. The predicted octanol–water partition coefficient (Wildman–Crippen LogP) is 4.03. The Balaban J connectivity index is 1.99. The summed E-state index contributed by atoms with van der Waals surface area (Å²) in [6, 6.07) is 10.2. The first-order valence-corrected chi connectivity index (χ1v) is 9.71. The molecule has 2 heterocycles. The second-order valence-electron chi connectivity index (χ2n) is 7.04. The SMILES string of the molecule is COc1cc([C@@H]2CC(=O)Nc3c(C(=O)O)cn(-c4cccc(Cl)c4)c32)cc(OC)c1O. The molecule has 31 heavy (non-hydrogen) atoms. The Morgan fingerprint density at radius 1 is 1.19 bits per heavy atom. The van der Waals surface area contributed by atoms with Crippen LogP contribution in [-0.4, -0.2) is 40.9 Å². The van der Waals surface area contributed by atoms with Gasteiger partial charge in [-0.1, -0.05) is 17.7 Å². The average molecular weight is 443 g/mol. The number of anilines is 1. The maximum atomic E-state index is 12.5. The Kier molecular flexibility index (Phi) is 5.24. The fourth-order valence-corrected chi connectivity index (χ4v) is 4.04. The number of nitrogens with one attached hydrogen (secondary N) is 1. The number of aromatic carboxylic acids is 1. The molecule has 1 aliphatic rings. The number of aromatic nitrogens is 1. The third-order valence-electron chi connectivity index (χ3n) is 5.25. The van der Waals surface area contributed by atoms with Crippen LogP contribution in [0, 0.1) is 0 Å². The average Bonchev–Trinajstić information content (AvgIpc) is 3.13. The van der Waals surface area contributed by atoms with Gasteiger partial charge in [0.2, 0.25) is 11.7 Å². The van der Waals surface area contributed by atoms with Crippen molar-refractivity contribution in [3.8, 4) is 22.9 Å². The first kappa shape index (κ1) is 20.6. The molecule has 1 aromatic heterocycles.